The van der Waals surface area contributed by atoms with E-state index >= 15 is 0 Å². The van der Waals surface area contributed by atoms with Crippen LogP contribution in [0.1, 0.15) is 5.82 Å². The fourth-order valence-electron chi connectivity index (χ4n) is 2.78. The Morgan fingerprint density at radius 2 is 1.76 bits per heavy atom. The molecule has 0 aliphatic carbocycles. The summed E-state index contributed by atoms with van der Waals surface area (Å²) in [5.41, 5.74) is 1.47. The molecule has 0 radical (unpaired) electrons. The molecule has 0 spiro atoms. The van der Waals surface area contributed by atoms with E-state index in [1.54, 1.807) is 19.2 Å². The van der Waals surface area contributed by atoms with Crippen LogP contribution in [0.2, 0.25) is 5.02 Å². The van der Waals surface area contributed by atoms with Gasteiger partial charge < -0.3 is 19.3 Å². The van der Waals surface area contributed by atoms with Crippen LogP contribution in [0.15, 0.2) is 77.3 Å². The molecule has 0 atom stereocenters. The van der Waals surface area contributed by atoms with Gasteiger partial charge in [0.15, 0.2) is 11.6 Å². The van der Waals surface area contributed by atoms with Crippen molar-refractivity contribution in [2.75, 3.05) is 12.4 Å². The number of anilines is 1. The van der Waals surface area contributed by atoms with Gasteiger partial charge in [-0.3, -0.25) is 0 Å². The number of halogens is 1. The monoisotopic (exact) mass is 407 g/mol. The molecule has 1 N–H and O–H groups in total. The van der Waals surface area contributed by atoms with Crippen LogP contribution in [0.5, 0.6) is 17.2 Å². The van der Waals surface area contributed by atoms with Crippen molar-refractivity contribution >= 4 is 17.3 Å². The molecule has 0 amide bonds. The second kappa shape index (κ2) is 8.67. The van der Waals surface area contributed by atoms with Crippen molar-refractivity contribution in [3.05, 3.63) is 83.6 Å². The molecule has 0 unspecified atom stereocenters. The van der Waals surface area contributed by atoms with Gasteiger partial charge in [-0.1, -0.05) is 47.1 Å². The molecule has 4 rings (SSSR count). The zero-order valence-electron chi connectivity index (χ0n) is 15.6. The molecule has 0 bridgehead atoms. The zero-order valence-corrected chi connectivity index (χ0v) is 16.4. The summed E-state index contributed by atoms with van der Waals surface area (Å²) in [6, 6.07) is 22.4. The molecule has 3 aromatic carbocycles. The van der Waals surface area contributed by atoms with Crippen LogP contribution in [-0.2, 0) is 6.54 Å². The summed E-state index contributed by atoms with van der Waals surface area (Å²) >= 11 is 6.16. The van der Waals surface area contributed by atoms with Crippen LogP contribution in [-0.4, -0.2) is 17.3 Å². The summed E-state index contributed by atoms with van der Waals surface area (Å²) in [6.45, 7) is 0.337. The molecule has 0 fully saturated rings. The maximum Gasteiger partial charge on any atom is 0.261 e. The van der Waals surface area contributed by atoms with E-state index in [-0.39, 0.29) is 0 Å². The van der Waals surface area contributed by atoms with Gasteiger partial charge >= 0.3 is 0 Å². The highest BCUT2D eigenvalue weighted by atomic mass is 35.5. The van der Waals surface area contributed by atoms with Gasteiger partial charge in [0, 0.05) is 5.02 Å². The van der Waals surface area contributed by atoms with Gasteiger partial charge in [0.1, 0.15) is 11.5 Å². The molecule has 0 saturated heterocycles. The van der Waals surface area contributed by atoms with Crippen molar-refractivity contribution in [2.45, 2.75) is 6.54 Å². The Labute approximate surface area is 173 Å². The van der Waals surface area contributed by atoms with Crippen LogP contribution in [0.4, 0.5) is 5.69 Å². The minimum atomic E-state index is 0.337. The van der Waals surface area contributed by atoms with Crippen LogP contribution in [0.3, 0.4) is 0 Å². The highest BCUT2D eigenvalue weighted by Crippen LogP contribution is 2.32. The first-order valence-electron chi connectivity index (χ1n) is 8.95. The first-order chi connectivity index (χ1) is 14.2. The summed E-state index contributed by atoms with van der Waals surface area (Å²) in [5, 5.41) is 7.89. The molecule has 0 aliphatic heterocycles. The first-order valence-corrected chi connectivity index (χ1v) is 9.33. The number of methoxy groups -OCH3 is 1. The number of hydrogen-bond donors (Lipinski definition) is 1. The Morgan fingerprint density at radius 3 is 2.59 bits per heavy atom. The van der Waals surface area contributed by atoms with E-state index in [4.69, 9.17) is 25.6 Å². The van der Waals surface area contributed by atoms with Crippen molar-refractivity contribution in [2.24, 2.45) is 0 Å². The number of nitrogens with one attached hydrogen (secondary N) is 1. The second-order valence-electron chi connectivity index (χ2n) is 6.13. The number of aromatic nitrogens is 2. The molecule has 7 heteroatoms. The SMILES string of the molecule is COc1ccccc1-c1nc(CNc2cc(Cl)ccc2Oc2ccccc2)no1. The zero-order chi connectivity index (χ0) is 20.1. The minimum absolute atomic E-state index is 0.337. The third-order valence-electron chi connectivity index (χ3n) is 4.16. The minimum Gasteiger partial charge on any atom is -0.496 e. The van der Waals surface area contributed by atoms with Gasteiger partial charge in [-0.25, -0.2) is 0 Å². The van der Waals surface area contributed by atoms with Crippen molar-refractivity contribution in [3.8, 4) is 28.7 Å². The molecule has 29 heavy (non-hydrogen) atoms. The van der Waals surface area contributed by atoms with Crippen molar-refractivity contribution in [3.63, 3.8) is 0 Å². The summed E-state index contributed by atoms with van der Waals surface area (Å²) in [5.74, 6) is 2.94. The van der Waals surface area contributed by atoms with Gasteiger partial charge in [-0.2, -0.15) is 4.98 Å². The molecule has 0 aliphatic rings. The topological polar surface area (TPSA) is 69.4 Å². The highest BCUT2D eigenvalue weighted by Gasteiger charge is 2.14. The largest absolute Gasteiger partial charge is 0.496 e. The molecule has 1 heterocycles. The van der Waals surface area contributed by atoms with E-state index in [0.29, 0.717) is 34.8 Å². The fraction of sp³-hybridized carbons (Fsp3) is 0.0909. The Hall–Kier alpha value is -3.51. The standard InChI is InChI=1S/C22H18ClN3O3/c1-27-19-10-6-5-9-17(19)22-25-21(26-29-22)14-24-18-13-15(23)11-12-20(18)28-16-7-3-2-4-8-16/h2-13,24H,14H2,1H3. The quantitative estimate of drug-likeness (QED) is 0.417. The Kier molecular flexibility index (Phi) is 5.63. The second-order valence-corrected chi connectivity index (χ2v) is 6.56. The van der Waals surface area contributed by atoms with Crippen molar-refractivity contribution < 1.29 is 14.0 Å². The van der Waals surface area contributed by atoms with E-state index in [1.807, 2.05) is 60.7 Å². The van der Waals surface area contributed by atoms with E-state index < -0.39 is 0 Å². The van der Waals surface area contributed by atoms with Gasteiger partial charge in [0.2, 0.25) is 0 Å². The van der Waals surface area contributed by atoms with Crippen LogP contribution < -0.4 is 14.8 Å². The highest BCUT2D eigenvalue weighted by molar-refractivity contribution is 6.30. The lowest BCUT2D eigenvalue weighted by Gasteiger charge is -2.12. The van der Waals surface area contributed by atoms with Crippen molar-refractivity contribution in [1.29, 1.82) is 0 Å². The Bertz CT molecular complexity index is 1100. The van der Waals surface area contributed by atoms with Gasteiger partial charge in [0.05, 0.1) is 24.9 Å². The van der Waals surface area contributed by atoms with E-state index in [1.165, 1.54) is 0 Å². The van der Waals surface area contributed by atoms with Gasteiger partial charge in [-0.05, 0) is 42.5 Å². The lowest BCUT2D eigenvalue weighted by atomic mass is 10.2. The Balaban J connectivity index is 1.51. The van der Waals surface area contributed by atoms with E-state index in [0.717, 1.165) is 17.0 Å². The molecule has 6 nitrogen and oxygen atoms in total. The molecular formula is C22H18ClN3O3. The smallest absolute Gasteiger partial charge is 0.261 e. The summed E-state index contributed by atoms with van der Waals surface area (Å²) in [6.07, 6.45) is 0. The number of rotatable bonds is 7. The van der Waals surface area contributed by atoms with Crippen molar-refractivity contribution in [1.82, 2.24) is 10.1 Å². The predicted octanol–water partition coefficient (Wildman–Crippen LogP) is 5.80. The summed E-state index contributed by atoms with van der Waals surface area (Å²) in [7, 11) is 1.60. The summed E-state index contributed by atoms with van der Waals surface area (Å²) < 4.78 is 16.7. The third-order valence-corrected chi connectivity index (χ3v) is 4.39. The molecule has 146 valence electrons. The average Bonchev–Trinajstić information content (AvgIpc) is 3.23. The fourth-order valence-corrected chi connectivity index (χ4v) is 2.95. The molecule has 4 aromatic rings. The van der Waals surface area contributed by atoms with Gasteiger partial charge in [-0.15, -0.1) is 0 Å². The number of nitrogens with zero attached hydrogens (tertiary/aromatic N) is 2. The molecule has 0 saturated carbocycles. The maximum atomic E-state index is 6.16. The molecule has 1 aromatic heterocycles. The lowest BCUT2D eigenvalue weighted by Crippen LogP contribution is -2.03. The number of benzene rings is 3. The van der Waals surface area contributed by atoms with Crippen LogP contribution in [0.25, 0.3) is 11.5 Å². The number of hydrogen-bond acceptors (Lipinski definition) is 6. The molecular weight excluding hydrogens is 390 g/mol. The first kappa shape index (κ1) is 18.8. The maximum absolute atomic E-state index is 6.16. The average molecular weight is 408 g/mol. The normalized spacial score (nSPS) is 10.6. The Morgan fingerprint density at radius 1 is 0.966 bits per heavy atom. The van der Waals surface area contributed by atoms with E-state index in [9.17, 15) is 0 Å². The van der Waals surface area contributed by atoms with E-state index in [2.05, 4.69) is 15.5 Å². The van der Waals surface area contributed by atoms with Crippen LogP contribution >= 0.6 is 11.6 Å². The third kappa shape index (κ3) is 4.50. The lowest BCUT2D eigenvalue weighted by molar-refractivity contribution is 0.403. The van der Waals surface area contributed by atoms with Gasteiger partial charge in [0.25, 0.3) is 5.89 Å². The number of para-hydroxylation sites is 2. The van der Waals surface area contributed by atoms with Crippen LogP contribution in [0, 0.1) is 0 Å². The predicted molar refractivity (Wildman–Crippen MR) is 112 cm³/mol. The summed E-state index contributed by atoms with van der Waals surface area (Å²) in [4.78, 5) is 4.45. The number of ether oxygens (including phenoxy) is 2.